The van der Waals surface area contributed by atoms with E-state index in [1.807, 2.05) is 4.91 Å². The van der Waals surface area contributed by atoms with Crippen molar-refractivity contribution in [3.05, 3.63) is 10.4 Å². The molecule has 2 unspecified atom stereocenters. The summed E-state index contributed by atoms with van der Waals surface area (Å²) in [6.45, 7) is 0. The van der Waals surface area contributed by atoms with Crippen molar-refractivity contribution in [2.75, 3.05) is 0 Å². The van der Waals surface area contributed by atoms with Gasteiger partial charge < -0.3 is 20.4 Å². The zero-order valence-corrected chi connectivity index (χ0v) is 7.64. The summed E-state index contributed by atoms with van der Waals surface area (Å²) >= 11 is 0. The van der Waals surface area contributed by atoms with E-state index in [1.54, 1.807) is 0 Å². The lowest BCUT2D eigenvalue weighted by Gasteiger charge is -2.24. The van der Waals surface area contributed by atoms with Crippen molar-refractivity contribution >= 4 is 17.9 Å². The Bertz CT molecular complexity index is 372. The van der Waals surface area contributed by atoms with Crippen LogP contribution in [0.15, 0.2) is 5.11 Å². The van der Waals surface area contributed by atoms with E-state index in [2.05, 4.69) is 5.11 Å². The van der Waals surface area contributed by atoms with Crippen LogP contribution >= 0.6 is 0 Å². The van der Waals surface area contributed by atoms with Crippen LogP contribution in [-0.4, -0.2) is 50.0 Å². The van der Waals surface area contributed by atoms with E-state index in [4.69, 9.17) is 20.9 Å². The molecular weight excluding hydrogens is 226 g/mol. The first-order valence-electron chi connectivity index (χ1n) is 3.70. The zero-order valence-electron chi connectivity index (χ0n) is 7.64. The average molecular weight is 233 g/mol. The number of aliphatic hydroxyl groups is 1. The second kappa shape index (κ2) is 4.96. The third-order valence-corrected chi connectivity index (χ3v) is 1.64. The highest BCUT2D eigenvalue weighted by atomic mass is 16.4. The van der Waals surface area contributed by atoms with Crippen LogP contribution < -0.4 is 0 Å². The standard InChI is InChI=1S/C6H7N3O7/c7-9-8-3(4(12)13)6(16,5(14)15)1-2(10)11/h3,16H,1H2,(H,10,11)(H,12,13)(H,14,15). The Morgan fingerprint density at radius 1 is 1.31 bits per heavy atom. The van der Waals surface area contributed by atoms with Crippen molar-refractivity contribution in [3.63, 3.8) is 0 Å². The molecule has 0 saturated carbocycles. The van der Waals surface area contributed by atoms with Crippen LogP contribution in [0, 0.1) is 0 Å². The van der Waals surface area contributed by atoms with Crippen LogP contribution in [0.2, 0.25) is 0 Å². The van der Waals surface area contributed by atoms with Crippen molar-refractivity contribution in [3.8, 4) is 0 Å². The molecule has 4 N–H and O–H groups in total. The maximum absolute atomic E-state index is 10.6. The van der Waals surface area contributed by atoms with Crippen LogP contribution in [0.3, 0.4) is 0 Å². The van der Waals surface area contributed by atoms with E-state index in [-0.39, 0.29) is 0 Å². The number of rotatable bonds is 6. The molecule has 0 aliphatic carbocycles. The molecule has 88 valence electrons. The third kappa shape index (κ3) is 2.83. The molecule has 0 aromatic heterocycles. The lowest BCUT2D eigenvalue weighted by molar-refractivity contribution is -0.172. The molecule has 16 heavy (non-hydrogen) atoms. The molecule has 10 nitrogen and oxygen atoms in total. The molecular formula is C6H7N3O7. The minimum Gasteiger partial charge on any atom is -0.481 e. The van der Waals surface area contributed by atoms with E-state index < -0.39 is 36.0 Å². The molecule has 0 bridgehead atoms. The molecule has 0 aromatic carbocycles. The first-order valence-corrected chi connectivity index (χ1v) is 3.70. The van der Waals surface area contributed by atoms with Gasteiger partial charge >= 0.3 is 17.9 Å². The summed E-state index contributed by atoms with van der Waals surface area (Å²) in [6.07, 6.45) is -1.40. The summed E-state index contributed by atoms with van der Waals surface area (Å²) in [5.41, 5.74) is 4.82. The molecule has 0 fully saturated rings. The number of hydrogen-bond acceptors (Lipinski definition) is 5. The van der Waals surface area contributed by atoms with Gasteiger partial charge in [0.1, 0.15) is 0 Å². The van der Waals surface area contributed by atoms with Gasteiger partial charge in [0, 0.05) is 4.91 Å². The van der Waals surface area contributed by atoms with Gasteiger partial charge in [-0.15, -0.1) is 0 Å². The Morgan fingerprint density at radius 3 is 2.06 bits per heavy atom. The summed E-state index contributed by atoms with van der Waals surface area (Å²) in [5.74, 6) is -5.79. The van der Waals surface area contributed by atoms with Crippen molar-refractivity contribution in [1.29, 1.82) is 0 Å². The van der Waals surface area contributed by atoms with Gasteiger partial charge in [0.05, 0.1) is 6.42 Å². The molecule has 0 aliphatic heterocycles. The van der Waals surface area contributed by atoms with Crippen LogP contribution in [0.4, 0.5) is 0 Å². The fourth-order valence-corrected chi connectivity index (χ4v) is 0.921. The molecule has 0 spiro atoms. The topological polar surface area (TPSA) is 181 Å². The first-order chi connectivity index (χ1) is 7.25. The Morgan fingerprint density at radius 2 is 1.81 bits per heavy atom. The monoisotopic (exact) mass is 233 g/mol. The largest absolute Gasteiger partial charge is 0.481 e. The first kappa shape index (κ1) is 13.7. The van der Waals surface area contributed by atoms with Gasteiger partial charge in [-0.05, 0) is 5.53 Å². The quantitative estimate of drug-likeness (QED) is 0.258. The smallest absolute Gasteiger partial charge is 0.337 e. The van der Waals surface area contributed by atoms with Gasteiger partial charge in [0.25, 0.3) is 0 Å². The minimum absolute atomic E-state index is 1.40. The Labute approximate surface area is 87.4 Å². The molecule has 2 atom stereocenters. The maximum atomic E-state index is 10.6. The number of nitrogens with zero attached hydrogens (tertiary/aromatic N) is 3. The summed E-state index contributed by atoms with van der Waals surface area (Å²) in [6, 6.07) is -2.42. The van der Waals surface area contributed by atoms with Crippen molar-refractivity contribution in [1.82, 2.24) is 0 Å². The second-order valence-corrected chi connectivity index (χ2v) is 2.75. The fourth-order valence-electron chi connectivity index (χ4n) is 0.921. The lowest BCUT2D eigenvalue weighted by atomic mass is 9.91. The number of carboxylic acids is 3. The molecule has 0 radical (unpaired) electrons. The average Bonchev–Trinajstić information content (AvgIpc) is 2.11. The second-order valence-electron chi connectivity index (χ2n) is 2.75. The molecule has 0 aliphatic rings. The molecule has 10 heteroatoms. The van der Waals surface area contributed by atoms with Crippen LogP contribution in [0.25, 0.3) is 10.4 Å². The van der Waals surface area contributed by atoms with Gasteiger partial charge in [0.15, 0.2) is 11.6 Å². The normalized spacial score (nSPS) is 15.3. The van der Waals surface area contributed by atoms with Gasteiger partial charge in [-0.1, -0.05) is 5.11 Å². The number of carboxylic acid groups (broad SMARTS) is 3. The molecule has 0 rings (SSSR count). The highest BCUT2D eigenvalue weighted by molar-refractivity contribution is 5.91. The SMILES string of the molecule is [N-]=[N+]=NC(C(=O)O)C(O)(CC(=O)O)C(=O)O. The predicted molar refractivity (Wildman–Crippen MR) is 45.4 cm³/mol. The Balaban J connectivity index is 5.45. The van der Waals surface area contributed by atoms with Crippen molar-refractivity contribution in [2.24, 2.45) is 5.11 Å². The molecule has 0 amide bonds. The lowest BCUT2D eigenvalue weighted by Crippen LogP contribution is -2.53. The van der Waals surface area contributed by atoms with E-state index in [9.17, 15) is 19.5 Å². The van der Waals surface area contributed by atoms with Crippen LogP contribution in [0.5, 0.6) is 0 Å². The molecule has 0 heterocycles. The summed E-state index contributed by atoms with van der Waals surface area (Å²) in [7, 11) is 0. The van der Waals surface area contributed by atoms with E-state index in [1.165, 1.54) is 0 Å². The van der Waals surface area contributed by atoms with Crippen molar-refractivity contribution in [2.45, 2.75) is 18.1 Å². The van der Waals surface area contributed by atoms with Gasteiger partial charge in [-0.25, -0.2) is 4.79 Å². The highest BCUT2D eigenvalue weighted by Crippen LogP contribution is 2.20. The number of aliphatic carboxylic acids is 3. The van der Waals surface area contributed by atoms with Gasteiger partial charge in [0.2, 0.25) is 0 Å². The number of carbonyl (C=O) groups is 3. The minimum atomic E-state index is -3.19. The summed E-state index contributed by atoms with van der Waals surface area (Å²) < 4.78 is 0. The van der Waals surface area contributed by atoms with Crippen LogP contribution in [-0.2, 0) is 14.4 Å². The third-order valence-electron chi connectivity index (χ3n) is 1.64. The zero-order chi connectivity index (χ0) is 12.9. The van der Waals surface area contributed by atoms with Gasteiger partial charge in [-0.2, -0.15) is 0 Å². The predicted octanol–water partition coefficient (Wildman–Crippen LogP) is -0.960. The van der Waals surface area contributed by atoms with Gasteiger partial charge in [-0.3, -0.25) is 9.59 Å². The molecule has 0 saturated heterocycles. The number of azide groups is 1. The summed E-state index contributed by atoms with van der Waals surface area (Å²) in [4.78, 5) is 33.5. The van der Waals surface area contributed by atoms with E-state index in [0.717, 1.165) is 0 Å². The van der Waals surface area contributed by atoms with E-state index >= 15 is 0 Å². The fraction of sp³-hybridized carbons (Fsp3) is 0.500. The number of hydrogen-bond donors (Lipinski definition) is 4. The van der Waals surface area contributed by atoms with Crippen LogP contribution in [0.1, 0.15) is 6.42 Å². The van der Waals surface area contributed by atoms with E-state index in [0.29, 0.717) is 0 Å². The Hall–Kier alpha value is -2.32. The summed E-state index contributed by atoms with van der Waals surface area (Å²) in [5, 5.41) is 37.4. The molecule has 0 aromatic rings. The highest BCUT2D eigenvalue weighted by Gasteiger charge is 2.49. The Kier molecular flexibility index (Phi) is 4.24. The van der Waals surface area contributed by atoms with Crippen molar-refractivity contribution < 1.29 is 34.8 Å². The maximum Gasteiger partial charge on any atom is 0.337 e.